The molecule has 0 aromatic carbocycles. The number of aromatic hydroxyl groups is 1. The monoisotopic (exact) mass is 232 g/mol. The van der Waals surface area contributed by atoms with E-state index < -0.39 is 34.2 Å². The molecule has 0 aliphatic carbocycles. The summed E-state index contributed by atoms with van der Waals surface area (Å²) in [6.07, 6.45) is -2.39. The van der Waals surface area contributed by atoms with E-state index >= 15 is 0 Å². The first-order valence-electron chi connectivity index (χ1n) is 3.59. The molecule has 7 heteroatoms. The van der Waals surface area contributed by atoms with E-state index in [1.54, 1.807) is 0 Å². The van der Waals surface area contributed by atoms with E-state index in [0.29, 0.717) is 0 Å². The van der Waals surface area contributed by atoms with Crippen molar-refractivity contribution in [2.24, 2.45) is 0 Å². The summed E-state index contributed by atoms with van der Waals surface area (Å²) >= 11 is 5.01. The average Bonchev–Trinajstić information content (AvgIpc) is 2.16. The highest BCUT2D eigenvalue weighted by Crippen LogP contribution is 2.30. The fraction of sp³-hybridized carbons (Fsp3) is 0.125. The first-order valence-corrected chi connectivity index (χ1v) is 3.96. The Hall–Kier alpha value is -1.74. The molecule has 0 spiro atoms. The zero-order chi connectivity index (χ0) is 11.6. The number of halogens is 3. The van der Waals surface area contributed by atoms with Crippen LogP contribution in [0.15, 0.2) is 6.20 Å². The third kappa shape index (κ3) is 2.02. The van der Waals surface area contributed by atoms with E-state index in [4.69, 9.17) is 22.0 Å². The second-order valence-corrected chi connectivity index (χ2v) is 2.81. The van der Waals surface area contributed by atoms with Gasteiger partial charge in [-0.05, 0) is 11.6 Å². The van der Waals surface area contributed by atoms with Gasteiger partial charge in [-0.25, -0.2) is 13.8 Å². The van der Waals surface area contributed by atoms with Crippen LogP contribution in [-0.4, -0.2) is 15.3 Å². The maximum atomic E-state index is 12.5. The van der Waals surface area contributed by atoms with E-state index in [2.05, 4.69) is 4.98 Å². The molecule has 1 aromatic rings. The van der Waals surface area contributed by atoms with Crippen molar-refractivity contribution < 1.29 is 18.7 Å². The summed E-state index contributed by atoms with van der Waals surface area (Å²) in [5, 5.41) is 16.4. The summed E-state index contributed by atoms with van der Waals surface area (Å²) in [4.78, 5) is 14.0. The molecule has 0 unspecified atom stereocenters. The molecule has 0 atom stereocenters. The van der Waals surface area contributed by atoms with Crippen molar-refractivity contribution in [3.8, 4) is 11.8 Å². The number of aromatic nitrogens is 1. The van der Waals surface area contributed by atoms with Crippen LogP contribution < -0.4 is 0 Å². The largest absolute Gasteiger partial charge is 0.505 e. The van der Waals surface area contributed by atoms with Crippen LogP contribution in [0.3, 0.4) is 0 Å². The molecule has 0 fully saturated rings. The lowest BCUT2D eigenvalue weighted by Gasteiger charge is -2.07. The van der Waals surface area contributed by atoms with Crippen LogP contribution in [0.1, 0.15) is 28.0 Å². The quantitative estimate of drug-likeness (QED) is 0.791. The Morgan fingerprint density at radius 3 is 2.67 bits per heavy atom. The lowest BCUT2D eigenvalue weighted by molar-refractivity contribution is 0.106. The lowest BCUT2D eigenvalue weighted by Crippen LogP contribution is -2.05. The molecule has 15 heavy (non-hydrogen) atoms. The highest BCUT2D eigenvalue weighted by Gasteiger charge is 2.25. The smallest absolute Gasteiger partial charge is 0.271 e. The van der Waals surface area contributed by atoms with Crippen LogP contribution in [0.2, 0.25) is 0 Å². The van der Waals surface area contributed by atoms with Crippen molar-refractivity contribution in [3.63, 3.8) is 0 Å². The number of carbonyl (C=O) groups excluding carboxylic acids is 1. The fourth-order valence-electron chi connectivity index (χ4n) is 1.00. The van der Waals surface area contributed by atoms with E-state index in [1.807, 2.05) is 0 Å². The fourth-order valence-corrected chi connectivity index (χ4v) is 1.15. The van der Waals surface area contributed by atoms with Crippen LogP contribution in [0.4, 0.5) is 8.78 Å². The third-order valence-corrected chi connectivity index (χ3v) is 1.79. The Kier molecular flexibility index (Phi) is 3.17. The molecule has 4 nitrogen and oxygen atoms in total. The lowest BCUT2D eigenvalue weighted by atomic mass is 10.1. The zero-order valence-electron chi connectivity index (χ0n) is 7.04. The topological polar surface area (TPSA) is 74.0 Å². The van der Waals surface area contributed by atoms with E-state index in [9.17, 15) is 13.6 Å². The van der Waals surface area contributed by atoms with Crippen LogP contribution in [0.25, 0.3) is 0 Å². The standard InChI is InChI=1S/C8H3ClF2N2O2/c9-7(15)6-5(8(10)11)3(1-12)4(14)2-13-6/h2,8,14H. The molecule has 0 radical (unpaired) electrons. The molecule has 0 saturated carbocycles. The molecule has 0 bridgehead atoms. The molecular formula is C8H3ClF2N2O2. The van der Waals surface area contributed by atoms with Crippen LogP contribution in [0, 0.1) is 11.3 Å². The SMILES string of the molecule is N#Cc1c(O)cnc(C(=O)Cl)c1C(F)F. The average molecular weight is 233 g/mol. The normalized spacial score (nSPS) is 10.1. The first-order chi connectivity index (χ1) is 6.99. The van der Waals surface area contributed by atoms with Crippen LogP contribution in [0.5, 0.6) is 5.75 Å². The summed E-state index contributed by atoms with van der Waals surface area (Å²) in [7, 11) is 0. The van der Waals surface area contributed by atoms with Gasteiger partial charge in [-0.2, -0.15) is 5.26 Å². The van der Waals surface area contributed by atoms with Crippen molar-refractivity contribution in [2.75, 3.05) is 0 Å². The Balaban J connectivity index is 3.58. The minimum atomic E-state index is -3.11. The molecule has 78 valence electrons. The highest BCUT2D eigenvalue weighted by atomic mass is 35.5. The van der Waals surface area contributed by atoms with Gasteiger partial charge in [-0.15, -0.1) is 0 Å². The van der Waals surface area contributed by atoms with Crippen molar-refractivity contribution in [1.82, 2.24) is 4.98 Å². The second kappa shape index (κ2) is 4.19. The van der Waals surface area contributed by atoms with Gasteiger partial charge in [0.2, 0.25) is 0 Å². The van der Waals surface area contributed by atoms with Gasteiger partial charge in [0.25, 0.3) is 11.7 Å². The van der Waals surface area contributed by atoms with Gasteiger partial charge in [0.05, 0.1) is 11.8 Å². The molecule has 0 aliphatic heterocycles. The summed E-state index contributed by atoms with van der Waals surface area (Å²) < 4.78 is 25.0. The molecule has 1 aromatic heterocycles. The molecule has 1 heterocycles. The van der Waals surface area contributed by atoms with E-state index in [-0.39, 0.29) is 0 Å². The summed E-state index contributed by atoms with van der Waals surface area (Å²) in [5.41, 5.74) is -2.36. The van der Waals surface area contributed by atoms with Gasteiger partial charge < -0.3 is 5.11 Å². The van der Waals surface area contributed by atoms with E-state index in [1.165, 1.54) is 6.07 Å². The number of rotatable bonds is 2. The van der Waals surface area contributed by atoms with Crippen LogP contribution in [-0.2, 0) is 0 Å². The van der Waals surface area contributed by atoms with Gasteiger partial charge in [0.15, 0.2) is 5.75 Å². The Bertz CT molecular complexity index is 457. The van der Waals surface area contributed by atoms with Gasteiger partial charge in [-0.3, -0.25) is 4.79 Å². The molecule has 0 amide bonds. The summed E-state index contributed by atoms with van der Waals surface area (Å²) in [6, 6.07) is 1.36. The number of hydrogen-bond donors (Lipinski definition) is 1. The predicted molar refractivity (Wildman–Crippen MR) is 45.8 cm³/mol. The van der Waals surface area contributed by atoms with Gasteiger partial charge in [0, 0.05) is 0 Å². The predicted octanol–water partition coefficient (Wildman–Crippen LogP) is 1.98. The van der Waals surface area contributed by atoms with E-state index in [0.717, 1.165) is 6.20 Å². The van der Waals surface area contributed by atoms with Crippen molar-refractivity contribution in [3.05, 3.63) is 23.0 Å². The van der Waals surface area contributed by atoms with Crippen molar-refractivity contribution >= 4 is 16.8 Å². The Morgan fingerprint density at radius 2 is 2.27 bits per heavy atom. The minimum Gasteiger partial charge on any atom is -0.505 e. The highest BCUT2D eigenvalue weighted by molar-refractivity contribution is 6.67. The summed E-state index contributed by atoms with van der Waals surface area (Å²) in [6.45, 7) is 0. The molecular weight excluding hydrogens is 230 g/mol. The van der Waals surface area contributed by atoms with Gasteiger partial charge >= 0.3 is 0 Å². The van der Waals surface area contributed by atoms with Gasteiger partial charge in [0.1, 0.15) is 17.3 Å². The van der Waals surface area contributed by atoms with Crippen LogP contribution >= 0.6 is 11.6 Å². The molecule has 0 saturated heterocycles. The number of alkyl halides is 2. The Morgan fingerprint density at radius 1 is 1.67 bits per heavy atom. The van der Waals surface area contributed by atoms with Crippen molar-refractivity contribution in [1.29, 1.82) is 5.26 Å². The number of carbonyl (C=O) groups is 1. The number of hydrogen-bond acceptors (Lipinski definition) is 4. The Labute approximate surface area is 87.7 Å². The molecule has 1 rings (SSSR count). The maximum absolute atomic E-state index is 12.5. The molecule has 1 N–H and O–H groups in total. The maximum Gasteiger partial charge on any atom is 0.271 e. The first kappa shape index (κ1) is 11.3. The molecule has 0 aliphatic rings. The second-order valence-electron chi connectivity index (χ2n) is 2.47. The third-order valence-electron chi connectivity index (χ3n) is 1.61. The number of nitrogens with zero attached hydrogens (tertiary/aromatic N) is 2. The summed E-state index contributed by atoms with van der Waals surface area (Å²) in [5.74, 6) is -0.713. The minimum absolute atomic E-state index is 0.691. The van der Waals surface area contributed by atoms with Crippen molar-refractivity contribution in [2.45, 2.75) is 6.43 Å². The van der Waals surface area contributed by atoms with Gasteiger partial charge in [-0.1, -0.05) is 0 Å². The number of nitriles is 1. The number of pyridine rings is 1. The zero-order valence-corrected chi connectivity index (χ0v) is 7.79.